The molecule has 3 N–H and O–H groups in total. The van der Waals surface area contributed by atoms with Crippen LogP contribution < -0.4 is 0 Å². The van der Waals surface area contributed by atoms with Crippen LogP contribution in [0.5, 0.6) is 0 Å². The molecule has 0 radical (unpaired) electrons. The fourth-order valence-electron chi connectivity index (χ4n) is 3.69. The Morgan fingerprint density at radius 2 is 1.37 bits per heavy atom. The van der Waals surface area contributed by atoms with Crippen molar-refractivity contribution in [2.75, 3.05) is 0 Å². The molecule has 0 fully saturated rings. The summed E-state index contributed by atoms with van der Waals surface area (Å²) in [5, 5.41) is 11.8. The van der Waals surface area contributed by atoms with Crippen LogP contribution in [0.3, 0.4) is 0 Å². The number of rotatable bonds is 3. The average Bonchev–Trinajstić information content (AvgIpc) is 3.31. The molecule has 3 heterocycles. The summed E-state index contributed by atoms with van der Waals surface area (Å²) in [4.78, 5) is 22.6. The summed E-state index contributed by atoms with van der Waals surface area (Å²) >= 11 is 0. The zero-order chi connectivity index (χ0) is 18.4. The lowest BCUT2D eigenvalue weighted by Gasteiger charge is -2.11. The minimum Gasteiger partial charge on any atom is -0.476 e. The molecule has 0 saturated carbocycles. The maximum Gasteiger partial charge on any atom is 0.355 e. The van der Waals surface area contributed by atoms with Crippen LogP contribution in [-0.2, 0) is 0 Å². The number of aromatic amines is 2. The molecule has 130 valence electrons. The molecule has 0 aliphatic carbocycles. The van der Waals surface area contributed by atoms with Crippen LogP contribution in [0.4, 0.5) is 0 Å². The molecule has 0 amide bonds. The van der Waals surface area contributed by atoms with Crippen molar-refractivity contribution in [3.05, 3.63) is 78.9 Å². The topological polar surface area (TPSA) is 81.8 Å². The highest BCUT2D eigenvalue weighted by Crippen LogP contribution is 2.40. The van der Waals surface area contributed by atoms with Gasteiger partial charge < -0.3 is 15.1 Å². The molecule has 3 aromatic heterocycles. The number of carboxylic acid groups (broad SMARTS) is 1. The fourth-order valence-corrected chi connectivity index (χ4v) is 3.69. The number of carbonyl (C=O) groups is 1. The lowest BCUT2D eigenvalue weighted by molar-refractivity contribution is 0.0691. The Bertz CT molecular complexity index is 1310. The zero-order valence-corrected chi connectivity index (χ0v) is 14.2. The smallest absolute Gasteiger partial charge is 0.355 e. The monoisotopic (exact) mass is 353 g/mol. The molecule has 5 rings (SSSR count). The van der Waals surface area contributed by atoms with Crippen molar-refractivity contribution in [1.29, 1.82) is 0 Å². The number of aromatic carboxylic acids is 1. The Balaban J connectivity index is 1.88. The average molecular weight is 353 g/mol. The molecule has 0 aliphatic heterocycles. The number of para-hydroxylation sites is 2. The Hall–Kier alpha value is -3.86. The third-order valence-electron chi connectivity index (χ3n) is 4.89. The van der Waals surface area contributed by atoms with Crippen molar-refractivity contribution in [3.63, 3.8) is 0 Å². The maximum absolute atomic E-state index is 12.0. The van der Waals surface area contributed by atoms with Gasteiger partial charge in [-0.25, -0.2) is 9.78 Å². The number of H-pyrrole nitrogens is 2. The van der Waals surface area contributed by atoms with Crippen LogP contribution in [0.1, 0.15) is 10.5 Å². The maximum atomic E-state index is 12.0. The summed E-state index contributed by atoms with van der Waals surface area (Å²) in [6.45, 7) is 0. The zero-order valence-electron chi connectivity index (χ0n) is 14.2. The summed E-state index contributed by atoms with van der Waals surface area (Å²) < 4.78 is 0. The van der Waals surface area contributed by atoms with Crippen LogP contribution in [-0.4, -0.2) is 26.0 Å². The second kappa shape index (κ2) is 5.85. The SMILES string of the molecule is O=C(O)c1nccc(-c2c[nH]c3ccccc23)c1-c1c[nH]c2ccccc12. The van der Waals surface area contributed by atoms with E-state index in [0.29, 0.717) is 5.56 Å². The van der Waals surface area contributed by atoms with Gasteiger partial charge in [0, 0.05) is 57.1 Å². The van der Waals surface area contributed by atoms with E-state index < -0.39 is 5.97 Å². The number of carboxylic acids is 1. The lowest BCUT2D eigenvalue weighted by Crippen LogP contribution is -2.04. The number of hydrogen-bond donors (Lipinski definition) is 3. The fraction of sp³-hybridized carbons (Fsp3) is 0. The van der Waals surface area contributed by atoms with E-state index in [-0.39, 0.29) is 5.69 Å². The van der Waals surface area contributed by atoms with E-state index in [1.807, 2.05) is 67.0 Å². The highest BCUT2D eigenvalue weighted by atomic mass is 16.4. The number of pyridine rings is 1. The van der Waals surface area contributed by atoms with Crippen molar-refractivity contribution in [2.45, 2.75) is 0 Å². The van der Waals surface area contributed by atoms with E-state index in [9.17, 15) is 9.90 Å². The molecule has 2 aromatic carbocycles. The molecule has 0 saturated heterocycles. The van der Waals surface area contributed by atoms with E-state index >= 15 is 0 Å². The highest BCUT2D eigenvalue weighted by molar-refractivity contribution is 6.09. The van der Waals surface area contributed by atoms with E-state index in [1.165, 1.54) is 0 Å². The van der Waals surface area contributed by atoms with E-state index in [0.717, 1.165) is 38.5 Å². The summed E-state index contributed by atoms with van der Waals surface area (Å²) in [7, 11) is 0. The van der Waals surface area contributed by atoms with Crippen LogP contribution in [0.25, 0.3) is 44.1 Å². The molecule has 0 aliphatic rings. The lowest BCUT2D eigenvalue weighted by atomic mass is 9.93. The van der Waals surface area contributed by atoms with Crippen LogP contribution in [0.15, 0.2) is 73.2 Å². The van der Waals surface area contributed by atoms with Crippen LogP contribution in [0, 0.1) is 0 Å². The first-order valence-corrected chi connectivity index (χ1v) is 8.59. The normalized spacial score (nSPS) is 11.3. The molecule has 27 heavy (non-hydrogen) atoms. The molecule has 0 atom stereocenters. The van der Waals surface area contributed by atoms with Crippen molar-refractivity contribution in [2.24, 2.45) is 0 Å². The van der Waals surface area contributed by atoms with E-state index in [1.54, 1.807) is 6.20 Å². The van der Waals surface area contributed by atoms with Gasteiger partial charge >= 0.3 is 5.97 Å². The van der Waals surface area contributed by atoms with E-state index in [4.69, 9.17) is 0 Å². The second-order valence-corrected chi connectivity index (χ2v) is 6.38. The predicted molar refractivity (Wildman–Crippen MR) is 106 cm³/mol. The third kappa shape index (κ3) is 2.33. The largest absolute Gasteiger partial charge is 0.476 e. The van der Waals surface area contributed by atoms with Crippen molar-refractivity contribution >= 4 is 27.8 Å². The van der Waals surface area contributed by atoms with Gasteiger partial charge in [-0.15, -0.1) is 0 Å². The second-order valence-electron chi connectivity index (χ2n) is 6.38. The molecule has 5 heteroatoms. The molecule has 5 nitrogen and oxygen atoms in total. The molecule has 0 spiro atoms. The number of benzene rings is 2. The highest BCUT2D eigenvalue weighted by Gasteiger charge is 2.22. The molecule has 5 aromatic rings. The van der Waals surface area contributed by atoms with Gasteiger partial charge in [0.05, 0.1) is 0 Å². The first-order chi connectivity index (χ1) is 13.2. The Morgan fingerprint density at radius 1 is 0.778 bits per heavy atom. The number of nitrogens with zero attached hydrogens (tertiary/aromatic N) is 1. The summed E-state index contributed by atoms with van der Waals surface area (Å²) in [6.07, 6.45) is 5.33. The van der Waals surface area contributed by atoms with Gasteiger partial charge in [-0.05, 0) is 23.8 Å². The Labute approximate surface area is 154 Å². The third-order valence-corrected chi connectivity index (χ3v) is 4.89. The summed E-state index contributed by atoms with van der Waals surface area (Å²) in [5.41, 5.74) is 5.25. The Morgan fingerprint density at radius 3 is 2.04 bits per heavy atom. The number of nitrogens with one attached hydrogen (secondary N) is 2. The van der Waals surface area contributed by atoms with Crippen LogP contribution >= 0.6 is 0 Å². The number of fused-ring (bicyclic) bond motifs is 2. The van der Waals surface area contributed by atoms with Gasteiger partial charge in [0.2, 0.25) is 0 Å². The first-order valence-electron chi connectivity index (χ1n) is 8.59. The number of hydrogen-bond acceptors (Lipinski definition) is 2. The van der Waals surface area contributed by atoms with Crippen LogP contribution in [0.2, 0.25) is 0 Å². The quantitative estimate of drug-likeness (QED) is 0.423. The van der Waals surface area contributed by atoms with Crippen molar-refractivity contribution in [1.82, 2.24) is 15.0 Å². The molecule has 0 unspecified atom stereocenters. The molecule has 0 bridgehead atoms. The van der Waals surface area contributed by atoms with Gasteiger partial charge in [0.25, 0.3) is 0 Å². The predicted octanol–water partition coefficient (Wildman–Crippen LogP) is 5.08. The summed E-state index contributed by atoms with van der Waals surface area (Å²) in [5.74, 6) is -1.04. The Kier molecular flexibility index (Phi) is 3.33. The summed E-state index contributed by atoms with van der Waals surface area (Å²) in [6, 6.07) is 17.7. The molecular weight excluding hydrogens is 338 g/mol. The first kappa shape index (κ1) is 15.4. The minimum absolute atomic E-state index is 0.0440. The van der Waals surface area contributed by atoms with Gasteiger partial charge in [-0.2, -0.15) is 0 Å². The van der Waals surface area contributed by atoms with Gasteiger partial charge in [-0.3, -0.25) is 0 Å². The van der Waals surface area contributed by atoms with Crippen molar-refractivity contribution in [3.8, 4) is 22.3 Å². The van der Waals surface area contributed by atoms with E-state index in [2.05, 4.69) is 15.0 Å². The van der Waals surface area contributed by atoms with Gasteiger partial charge in [-0.1, -0.05) is 36.4 Å². The standard InChI is InChI=1S/C22H15N3O2/c26-22(27)21-20(17-12-25-19-8-4-2-6-14(17)19)15(9-10-23-21)16-11-24-18-7-3-1-5-13(16)18/h1-12,24-25H,(H,26,27). The minimum atomic E-state index is -1.04. The number of aromatic nitrogens is 3. The molecular formula is C22H15N3O2. The van der Waals surface area contributed by atoms with Crippen molar-refractivity contribution < 1.29 is 9.90 Å². The van der Waals surface area contributed by atoms with Gasteiger partial charge in [0.15, 0.2) is 5.69 Å². The van der Waals surface area contributed by atoms with Gasteiger partial charge in [0.1, 0.15) is 0 Å².